The summed E-state index contributed by atoms with van der Waals surface area (Å²) in [7, 11) is 0. The quantitative estimate of drug-likeness (QED) is 0.799. The fraction of sp³-hybridized carbons (Fsp3) is 0.636. The molecule has 0 aliphatic heterocycles. The molecule has 3 heteroatoms. The van der Waals surface area contributed by atoms with E-state index < -0.39 is 0 Å². The standard InChI is InChI=1S/C11H19N3/c1-5-8-11(3,4)12-10-7-6-9(2)13-14-10/h6-7H,5,8H2,1-4H3,(H,12,14). The topological polar surface area (TPSA) is 37.8 Å². The normalized spacial score (nSPS) is 11.4. The summed E-state index contributed by atoms with van der Waals surface area (Å²) in [6, 6.07) is 3.94. The van der Waals surface area contributed by atoms with Crippen molar-refractivity contribution >= 4 is 5.82 Å². The van der Waals surface area contributed by atoms with Crippen LogP contribution in [-0.2, 0) is 0 Å². The number of aryl methyl sites for hydroxylation is 1. The molecule has 0 radical (unpaired) electrons. The highest BCUT2D eigenvalue weighted by Crippen LogP contribution is 2.17. The molecule has 0 aromatic carbocycles. The van der Waals surface area contributed by atoms with Gasteiger partial charge in [0.1, 0.15) is 5.82 Å². The summed E-state index contributed by atoms with van der Waals surface area (Å²) in [6.07, 6.45) is 2.29. The van der Waals surface area contributed by atoms with E-state index in [0.29, 0.717) is 0 Å². The minimum Gasteiger partial charge on any atom is -0.364 e. The molecule has 1 heterocycles. The van der Waals surface area contributed by atoms with Crippen molar-refractivity contribution in [2.24, 2.45) is 0 Å². The molecule has 0 saturated carbocycles. The Morgan fingerprint density at radius 2 is 2.00 bits per heavy atom. The Bertz CT molecular complexity index is 277. The average molecular weight is 193 g/mol. The van der Waals surface area contributed by atoms with Crippen LogP contribution in [0.2, 0.25) is 0 Å². The van der Waals surface area contributed by atoms with Crippen LogP contribution in [0.5, 0.6) is 0 Å². The first kappa shape index (κ1) is 11.0. The molecule has 3 nitrogen and oxygen atoms in total. The molecule has 0 atom stereocenters. The number of hydrogen-bond acceptors (Lipinski definition) is 3. The number of nitrogens with one attached hydrogen (secondary N) is 1. The van der Waals surface area contributed by atoms with Crippen molar-refractivity contribution in [2.75, 3.05) is 5.32 Å². The van der Waals surface area contributed by atoms with Gasteiger partial charge in [-0.2, -0.15) is 5.10 Å². The molecule has 0 bridgehead atoms. The predicted octanol–water partition coefficient (Wildman–Crippen LogP) is 2.78. The Kier molecular flexibility index (Phi) is 3.44. The summed E-state index contributed by atoms with van der Waals surface area (Å²) < 4.78 is 0. The number of nitrogens with zero attached hydrogens (tertiary/aromatic N) is 2. The van der Waals surface area contributed by atoms with Gasteiger partial charge in [-0.3, -0.25) is 0 Å². The van der Waals surface area contributed by atoms with Gasteiger partial charge in [-0.25, -0.2) is 0 Å². The maximum atomic E-state index is 4.08. The van der Waals surface area contributed by atoms with E-state index in [1.807, 2.05) is 19.1 Å². The molecule has 78 valence electrons. The molecule has 1 aromatic heterocycles. The number of rotatable bonds is 4. The van der Waals surface area contributed by atoms with Crippen molar-refractivity contribution in [3.63, 3.8) is 0 Å². The van der Waals surface area contributed by atoms with Crippen molar-refractivity contribution in [3.05, 3.63) is 17.8 Å². The van der Waals surface area contributed by atoms with Crippen molar-refractivity contribution in [3.8, 4) is 0 Å². The van der Waals surface area contributed by atoms with Crippen LogP contribution in [0.3, 0.4) is 0 Å². The Morgan fingerprint density at radius 3 is 2.50 bits per heavy atom. The lowest BCUT2D eigenvalue weighted by Crippen LogP contribution is -2.31. The van der Waals surface area contributed by atoms with Gasteiger partial charge in [-0.05, 0) is 39.3 Å². The van der Waals surface area contributed by atoms with Crippen LogP contribution < -0.4 is 5.32 Å². The minimum atomic E-state index is 0.0959. The van der Waals surface area contributed by atoms with E-state index in [4.69, 9.17) is 0 Å². The van der Waals surface area contributed by atoms with E-state index in [2.05, 4.69) is 36.3 Å². The Labute approximate surface area is 85.9 Å². The summed E-state index contributed by atoms with van der Waals surface area (Å²) in [5.74, 6) is 0.856. The van der Waals surface area contributed by atoms with Crippen LogP contribution in [-0.4, -0.2) is 15.7 Å². The summed E-state index contributed by atoms with van der Waals surface area (Å²) >= 11 is 0. The molecule has 14 heavy (non-hydrogen) atoms. The number of aromatic nitrogens is 2. The van der Waals surface area contributed by atoms with E-state index in [1.54, 1.807) is 0 Å². The lowest BCUT2D eigenvalue weighted by Gasteiger charge is -2.26. The second kappa shape index (κ2) is 4.40. The monoisotopic (exact) mass is 193 g/mol. The number of hydrogen-bond donors (Lipinski definition) is 1. The first-order valence-electron chi connectivity index (χ1n) is 5.12. The zero-order chi connectivity index (χ0) is 10.6. The summed E-state index contributed by atoms with van der Waals surface area (Å²) in [6.45, 7) is 8.48. The van der Waals surface area contributed by atoms with Gasteiger partial charge in [0.05, 0.1) is 5.69 Å². The predicted molar refractivity (Wildman–Crippen MR) is 59.4 cm³/mol. The van der Waals surface area contributed by atoms with Gasteiger partial charge in [0.2, 0.25) is 0 Å². The largest absolute Gasteiger partial charge is 0.364 e. The zero-order valence-electron chi connectivity index (χ0n) is 9.46. The molecular formula is C11H19N3. The Morgan fingerprint density at radius 1 is 1.29 bits per heavy atom. The van der Waals surface area contributed by atoms with Crippen LogP contribution in [0.15, 0.2) is 12.1 Å². The van der Waals surface area contributed by atoms with Crippen LogP contribution in [0.25, 0.3) is 0 Å². The second-order valence-electron chi connectivity index (χ2n) is 4.32. The van der Waals surface area contributed by atoms with Crippen LogP contribution in [0.1, 0.15) is 39.3 Å². The summed E-state index contributed by atoms with van der Waals surface area (Å²) in [5, 5.41) is 11.5. The molecule has 0 unspecified atom stereocenters. The fourth-order valence-electron chi connectivity index (χ4n) is 1.50. The lowest BCUT2D eigenvalue weighted by molar-refractivity contribution is 0.508. The zero-order valence-corrected chi connectivity index (χ0v) is 9.46. The maximum Gasteiger partial charge on any atom is 0.149 e. The van der Waals surface area contributed by atoms with Gasteiger partial charge in [-0.1, -0.05) is 13.3 Å². The van der Waals surface area contributed by atoms with Crippen molar-refractivity contribution in [1.82, 2.24) is 10.2 Å². The van der Waals surface area contributed by atoms with Crippen LogP contribution in [0.4, 0.5) is 5.82 Å². The smallest absolute Gasteiger partial charge is 0.149 e. The highest BCUT2D eigenvalue weighted by Gasteiger charge is 2.16. The average Bonchev–Trinajstić information content (AvgIpc) is 2.08. The van der Waals surface area contributed by atoms with Crippen LogP contribution in [0, 0.1) is 6.92 Å². The third kappa shape index (κ3) is 3.32. The van der Waals surface area contributed by atoms with Gasteiger partial charge < -0.3 is 5.32 Å². The lowest BCUT2D eigenvalue weighted by atomic mass is 9.99. The van der Waals surface area contributed by atoms with Gasteiger partial charge in [0, 0.05) is 5.54 Å². The second-order valence-corrected chi connectivity index (χ2v) is 4.32. The summed E-state index contributed by atoms with van der Waals surface area (Å²) in [4.78, 5) is 0. The van der Waals surface area contributed by atoms with Gasteiger partial charge >= 0.3 is 0 Å². The molecule has 0 spiro atoms. The molecule has 0 amide bonds. The van der Waals surface area contributed by atoms with E-state index in [-0.39, 0.29) is 5.54 Å². The SMILES string of the molecule is CCCC(C)(C)Nc1ccc(C)nn1. The minimum absolute atomic E-state index is 0.0959. The third-order valence-electron chi connectivity index (χ3n) is 2.14. The molecule has 0 fully saturated rings. The maximum absolute atomic E-state index is 4.08. The first-order valence-corrected chi connectivity index (χ1v) is 5.12. The van der Waals surface area contributed by atoms with E-state index >= 15 is 0 Å². The van der Waals surface area contributed by atoms with Gasteiger partial charge in [0.25, 0.3) is 0 Å². The summed E-state index contributed by atoms with van der Waals surface area (Å²) in [5.41, 5.74) is 1.04. The molecule has 0 saturated heterocycles. The first-order chi connectivity index (χ1) is 6.53. The van der Waals surface area contributed by atoms with Crippen molar-refractivity contribution in [1.29, 1.82) is 0 Å². The highest BCUT2D eigenvalue weighted by molar-refractivity contribution is 5.35. The van der Waals surface area contributed by atoms with Crippen LogP contribution >= 0.6 is 0 Å². The van der Waals surface area contributed by atoms with E-state index in [1.165, 1.54) is 6.42 Å². The third-order valence-corrected chi connectivity index (χ3v) is 2.14. The van der Waals surface area contributed by atoms with E-state index in [0.717, 1.165) is 17.9 Å². The Balaban J connectivity index is 2.64. The fourth-order valence-corrected chi connectivity index (χ4v) is 1.50. The van der Waals surface area contributed by atoms with E-state index in [9.17, 15) is 0 Å². The molecule has 0 aliphatic rings. The Hall–Kier alpha value is -1.12. The van der Waals surface area contributed by atoms with Crippen molar-refractivity contribution in [2.45, 2.75) is 46.1 Å². The molecule has 1 aromatic rings. The molecule has 1 N–H and O–H groups in total. The van der Waals surface area contributed by atoms with Gasteiger partial charge in [-0.15, -0.1) is 5.10 Å². The number of anilines is 1. The molecule has 1 rings (SSSR count). The molecular weight excluding hydrogens is 174 g/mol. The highest BCUT2D eigenvalue weighted by atomic mass is 15.2. The molecule has 0 aliphatic carbocycles. The van der Waals surface area contributed by atoms with Gasteiger partial charge in [0.15, 0.2) is 0 Å². The van der Waals surface area contributed by atoms with Crippen molar-refractivity contribution < 1.29 is 0 Å².